The Labute approximate surface area is 152 Å². The highest BCUT2D eigenvalue weighted by Crippen LogP contribution is 2.29. The molecule has 1 saturated heterocycles. The van der Waals surface area contributed by atoms with Crippen LogP contribution in [0, 0.1) is 17.6 Å². The van der Waals surface area contributed by atoms with Gasteiger partial charge < -0.3 is 14.8 Å². The van der Waals surface area contributed by atoms with Crippen molar-refractivity contribution in [2.45, 2.75) is 38.8 Å². The minimum atomic E-state index is -0.751. The van der Waals surface area contributed by atoms with Crippen LogP contribution in [0.15, 0.2) is 36.5 Å². The maximum absolute atomic E-state index is 13.8. The molecule has 1 atom stereocenters. The molecule has 1 aliphatic rings. The fourth-order valence-corrected chi connectivity index (χ4v) is 3.26. The van der Waals surface area contributed by atoms with Gasteiger partial charge >= 0.3 is 0 Å². The van der Waals surface area contributed by atoms with Crippen molar-refractivity contribution in [3.63, 3.8) is 0 Å². The zero-order chi connectivity index (χ0) is 18.6. The maximum atomic E-state index is 13.8. The number of hydrogen-bond donors (Lipinski definition) is 1. The molecule has 0 amide bonds. The summed E-state index contributed by atoms with van der Waals surface area (Å²) in [6.07, 6.45) is 3.63. The molecule has 0 aliphatic carbocycles. The molecule has 0 spiro atoms. The molecule has 1 aliphatic heterocycles. The highest BCUT2D eigenvalue weighted by atomic mass is 19.1. The predicted molar refractivity (Wildman–Crippen MR) is 95.1 cm³/mol. The molecule has 0 saturated carbocycles. The lowest BCUT2D eigenvalue weighted by atomic mass is 9.88. The van der Waals surface area contributed by atoms with Crippen molar-refractivity contribution >= 4 is 0 Å². The van der Waals surface area contributed by atoms with Crippen LogP contribution in [0.3, 0.4) is 0 Å². The fourth-order valence-electron chi connectivity index (χ4n) is 3.26. The SMILES string of the molecule is CC1(C)CC(CNCc2cccnc2Oc2ccc(F)cc2F)CCO1. The summed E-state index contributed by atoms with van der Waals surface area (Å²) in [5.41, 5.74) is 0.746. The summed E-state index contributed by atoms with van der Waals surface area (Å²) in [6, 6.07) is 6.91. The molecule has 1 fully saturated rings. The van der Waals surface area contributed by atoms with E-state index in [0.717, 1.165) is 43.7 Å². The van der Waals surface area contributed by atoms with Gasteiger partial charge in [-0.3, -0.25) is 0 Å². The van der Waals surface area contributed by atoms with E-state index >= 15 is 0 Å². The van der Waals surface area contributed by atoms with Crippen molar-refractivity contribution in [1.29, 1.82) is 0 Å². The molecule has 0 bridgehead atoms. The third-order valence-electron chi connectivity index (χ3n) is 4.50. The number of hydrogen-bond acceptors (Lipinski definition) is 4. The molecule has 2 heterocycles. The second-order valence-electron chi connectivity index (χ2n) is 7.24. The Balaban J connectivity index is 1.60. The normalized spacial score (nSPS) is 19.3. The number of rotatable bonds is 6. The Morgan fingerprint density at radius 2 is 2.15 bits per heavy atom. The Morgan fingerprint density at radius 1 is 1.31 bits per heavy atom. The van der Waals surface area contributed by atoms with Crippen LogP contribution in [0.2, 0.25) is 0 Å². The Kier molecular flexibility index (Phi) is 5.84. The third-order valence-corrected chi connectivity index (χ3v) is 4.50. The summed E-state index contributed by atoms with van der Waals surface area (Å²) in [6.45, 7) is 6.44. The number of nitrogens with zero attached hydrogens (tertiary/aromatic N) is 1. The smallest absolute Gasteiger partial charge is 0.223 e. The van der Waals surface area contributed by atoms with E-state index in [1.54, 1.807) is 6.20 Å². The number of ether oxygens (including phenoxy) is 2. The van der Waals surface area contributed by atoms with Gasteiger partial charge in [0.25, 0.3) is 0 Å². The first-order valence-corrected chi connectivity index (χ1v) is 8.84. The molecular weight excluding hydrogens is 338 g/mol. The van der Waals surface area contributed by atoms with Crippen LogP contribution in [-0.2, 0) is 11.3 Å². The molecule has 1 unspecified atom stereocenters. The Morgan fingerprint density at radius 3 is 2.92 bits per heavy atom. The number of benzene rings is 1. The number of aromatic nitrogens is 1. The number of pyridine rings is 1. The molecule has 4 nitrogen and oxygen atoms in total. The van der Waals surface area contributed by atoms with Gasteiger partial charge in [-0.25, -0.2) is 13.8 Å². The molecule has 0 radical (unpaired) electrons. The average Bonchev–Trinajstić information content (AvgIpc) is 2.58. The maximum Gasteiger partial charge on any atom is 0.223 e. The second kappa shape index (κ2) is 8.10. The lowest BCUT2D eigenvalue weighted by molar-refractivity contribution is -0.0718. The van der Waals surface area contributed by atoms with Crippen molar-refractivity contribution in [1.82, 2.24) is 10.3 Å². The van der Waals surface area contributed by atoms with Gasteiger partial charge in [0, 0.05) is 31.0 Å². The summed E-state index contributed by atoms with van der Waals surface area (Å²) in [4.78, 5) is 4.18. The molecule has 6 heteroatoms. The first-order chi connectivity index (χ1) is 12.4. The standard InChI is InChI=1S/C20H24F2N2O2/c1-20(2)11-14(7-9-25-20)12-23-13-15-4-3-8-24-19(15)26-18-6-5-16(21)10-17(18)22/h3-6,8,10,14,23H,7,9,11-13H2,1-2H3. The fraction of sp³-hybridized carbons (Fsp3) is 0.450. The highest BCUT2D eigenvalue weighted by Gasteiger charge is 2.28. The van der Waals surface area contributed by atoms with Crippen LogP contribution in [0.4, 0.5) is 8.78 Å². The van der Waals surface area contributed by atoms with Crippen LogP contribution in [-0.4, -0.2) is 23.7 Å². The molecular formula is C20H24F2N2O2. The highest BCUT2D eigenvalue weighted by molar-refractivity contribution is 5.33. The monoisotopic (exact) mass is 362 g/mol. The average molecular weight is 362 g/mol. The van der Waals surface area contributed by atoms with Gasteiger partial charge in [-0.1, -0.05) is 6.07 Å². The molecule has 1 aromatic carbocycles. The minimum absolute atomic E-state index is 0.0440. The van der Waals surface area contributed by atoms with E-state index in [1.165, 1.54) is 6.07 Å². The molecule has 1 N–H and O–H groups in total. The summed E-state index contributed by atoms with van der Waals surface area (Å²) in [7, 11) is 0. The van der Waals surface area contributed by atoms with Crippen LogP contribution in [0.5, 0.6) is 11.6 Å². The summed E-state index contributed by atoms with van der Waals surface area (Å²) in [5, 5.41) is 3.43. The van der Waals surface area contributed by atoms with Gasteiger partial charge in [0.15, 0.2) is 11.6 Å². The van der Waals surface area contributed by atoms with Gasteiger partial charge in [-0.2, -0.15) is 0 Å². The number of halogens is 2. The van der Waals surface area contributed by atoms with Gasteiger partial charge in [-0.05, 0) is 57.4 Å². The van der Waals surface area contributed by atoms with Crippen LogP contribution in [0.25, 0.3) is 0 Å². The molecule has 3 rings (SSSR count). The predicted octanol–water partition coefficient (Wildman–Crippen LogP) is 4.45. The van der Waals surface area contributed by atoms with E-state index in [4.69, 9.17) is 9.47 Å². The van der Waals surface area contributed by atoms with Crippen molar-refractivity contribution in [3.8, 4) is 11.6 Å². The van der Waals surface area contributed by atoms with E-state index in [-0.39, 0.29) is 11.4 Å². The molecule has 140 valence electrons. The van der Waals surface area contributed by atoms with Gasteiger partial charge in [0.2, 0.25) is 5.88 Å². The summed E-state index contributed by atoms with van der Waals surface area (Å²) in [5.74, 6) is -0.569. The van der Waals surface area contributed by atoms with Crippen LogP contribution < -0.4 is 10.1 Å². The van der Waals surface area contributed by atoms with E-state index in [2.05, 4.69) is 24.1 Å². The van der Waals surface area contributed by atoms with Crippen molar-refractivity contribution in [2.75, 3.05) is 13.2 Å². The van der Waals surface area contributed by atoms with Crippen molar-refractivity contribution in [3.05, 3.63) is 53.7 Å². The lowest BCUT2D eigenvalue weighted by Gasteiger charge is -2.35. The van der Waals surface area contributed by atoms with E-state index in [0.29, 0.717) is 18.3 Å². The van der Waals surface area contributed by atoms with Gasteiger partial charge in [0.1, 0.15) is 5.82 Å². The Hall–Kier alpha value is -2.05. The molecule has 26 heavy (non-hydrogen) atoms. The lowest BCUT2D eigenvalue weighted by Crippen LogP contribution is -2.37. The second-order valence-corrected chi connectivity index (χ2v) is 7.24. The minimum Gasteiger partial charge on any atom is -0.436 e. The zero-order valence-electron chi connectivity index (χ0n) is 15.1. The van der Waals surface area contributed by atoms with Crippen molar-refractivity contribution in [2.24, 2.45) is 5.92 Å². The Bertz CT molecular complexity index is 752. The summed E-state index contributed by atoms with van der Waals surface area (Å²) >= 11 is 0. The van der Waals surface area contributed by atoms with Crippen LogP contribution in [0.1, 0.15) is 32.3 Å². The molecule has 2 aromatic rings. The van der Waals surface area contributed by atoms with Gasteiger partial charge in [-0.15, -0.1) is 0 Å². The molecule has 1 aromatic heterocycles. The largest absolute Gasteiger partial charge is 0.436 e. The van der Waals surface area contributed by atoms with Crippen molar-refractivity contribution < 1.29 is 18.3 Å². The zero-order valence-corrected chi connectivity index (χ0v) is 15.1. The van der Waals surface area contributed by atoms with E-state index < -0.39 is 11.6 Å². The number of nitrogens with one attached hydrogen (secondary N) is 1. The first-order valence-electron chi connectivity index (χ1n) is 8.84. The summed E-state index contributed by atoms with van der Waals surface area (Å²) < 4.78 is 38.2. The first kappa shape index (κ1) is 18.7. The van der Waals surface area contributed by atoms with E-state index in [1.807, 2.05) is 12.1 Å². The van der Waals surface area contributed by atoms with E-state index in [9.17, 15) is 8.78 Å². The topological polar surface area (TPSA) is 43.4 Å². The third kappa shape index (κ3) is 4.99. The van der Waals surface area contributed by atoms with Gasteiger partial charge in [0.05, 0.1) is 5.60 Å². The quantitative estimate of drug-likeness (QED) is 0.825. The van der Waals surface area contributed by atoms with Crippen LogP contribution >= 0.6 is 0 Å².